The van der Waals surface area contributed by atoms with E-state index < -0.39 is 20.5 Å². The predicted molar refractivity (Wildman–Crippen MR) is 115 cm³/mol. The molecule has 11 heteroatoms. The number of hydrogen-bond donors (Lipinski definition) is 0. The van der Waals surface area contributed by atoms with Gasteiger partial charge >= 0.3 is 5.76 Å². The molecule has 0 aliphatic rings. The van der Waals surface area contributed by atoms with Crippen molar-refractivity contribution in [2.45, 2.75) is 34.7 Å². The summed E-state index contributed by atoms with van der Waals surface area (Å²) in [6, 6.07) is 12.3. The maximum absolute atomic E-state index is 12.6. The molecule has 0 fully saturated rings. The van der Waals surface area contributed by atoms with E-state index in [0.717, 1.165) is 5.56 Å². The fraction of sp³-hybridized carbons (Fsp3) is 0.200. The number of rotatable bonds is 10. The first kappa shape index (κ1) is 23.2. The second-order valence-corrected chi connectivity index (χ2v) is 9.58. The number of ether oxygens (including phenoxy) is 1. The Hall–Kier alpha value is -2.43. The highest BCUT2D eigenvalue weighted by Crippen LogP contribution is 2.25. The Balaban J connectivity index is 1.67. The number of halogens is 3. The summed E-state index contributed by atoms with van der Waals surface area (Å²) in [5, 5.41) is 9.60. The molecule has 0 N–H and O–H groups in total. The van der Waals surface area contributed by atoms with E-state index in [2.05, 4.69) is 16.8 Å². The highest BCUT2D eigenvalue weighted by molar-refractivity contribution is 7.98. The van der Waals surface area contributed by atoms with Crippen molar-refractivity contribution in [1.82, 2.24) is 14.8 Å². The molecule has 0 aliphatic carbocycles. The maximum Gasteiger partial charge on any atom is 0.341 e. The Morgan fingerprint density at radius 1 is 1.13 bits per heavy atom. The van der Waals surface area contributed by atoms with E-state index in [0.29, 0.717) is 34.1 Å². The van der Waals surface area contributed by atoms with Gasteiger partial charge in [0.2, 0.25) is 9.84 Å². The van der Waals surface area contributed by atoms with E-state index in [1.807, 2.05) is 4.57 Å². The molecule has 3 aromatic rings. The zero-order valence-electron chi connectivity index (χ0n) is 16.1. The molecule has 3 rings (SSSR count). The Morgan fingerprint density at radius 2 is 1.81 bits per heavy atom. The lowest BCUT2D eigenvalue weighted by Gasteiger charge is -2.09. The van der Waals surface area contributed by atoms with E-state index in [4.69, 9.17) is 16.3 Å². The van der Waals surface area contributed by atoms with Gasteiger partial charge in [-0.3, -0.25) is 4.57 Å². The Labute approximate surface area is 187 Å². The molecule has 31 heavy (non-hydrogen) atoms. The maximum atomic E-state index is 12.6. The molecule has 1 aromatic heterocycles. The zero-order valence-corrected chi connectivity index (χ0v) is 18.5. The lowest BCUT2D eigenvalue weighted by Crippen LogP contribution is -2.11. The van der Waals surface area contributed by atoms with Gasteiger partial charge in [-0.1, -0.05) is 41.6 Å². The van der Waals surface area contributed by atoms with Crippen LogP contribution >= 0.6 is 23.4 Å². The number of thioether (sulfide) groups is 1. The minimum absolute atomic E-state index is 0.198. The lowest BCUT2D eigenvalue weighted by atomic mass is 10.2. The Kier molecular flexibility index (Phi) is 7.69. The van der Waals surface area contributed by atoms with Gasteiger partial charge in [-0.05, 0) is 42.0 Å². The third kappa shape index (κ3) is 5.84. The minimum atomic E-state index is -4.60. The van der Waals surface area contributed by atoms with Crippen LogP contribution in [0.1, 0.15) is 11.4 Å². The van der Waals surface area contributed by atoms with Crippen LogP contribution in [0, 0.1) is 0 Å². The van der Waals surface area contributed by atoms with Gasteiger partial charge in [-0.15, -0.1) is 16.8 Å². The molecular weight excluding hydrogens is 468 g/mol. The molecule has 0 unspecified atom stereocenters. The van der Waals surface area contributed by atoms with Crippen molar-refractivity contribution in [3.8, 4) is 5.75 Å². The first-order valence-electron chi connectivity index (χ1n) is 8.96. The number of hydrogen-bond acceptors (Lipinski definition) is 6. The molecule has 2 aromatic carbocycles. The van der Waals surface area contributed by atoms with Crippen molar-refractivity contribution in [2.75, 3.05) is 0 Å². The topological polar surface area (TPSA) is 74.1 Å². The molecule has 0 saturated carbocycles. The molecule has 0 amide bonds. The molecule has 0 aliphatic heterocycles. The number of aromatic nitrogens is 3. The van der Waals surface area contributed by atoms with Crippen LogP contribution in [-0.4, -0.2) is 28.9 Å². The van der Waals surface area contributed by atoms with Crippen LogP contribution in [0.5, 0.6) is 5.75 Å². The van der Waals surface area contributed by atoms with Gasteiger partial charge in [0.15, 0.2) is 11.0 Å². The van der Waals surface area contributed by atoms with Gasteiger partial charge in [-0.25, -0.2) is 8.42 Å². The summed E-state index contributed by atoms with van der Waals surface area (Å²) in [6.45, 7) is 4.42. The van der Waals surface area contributed by atoms with Crippen molar-refractivity contribution in [3.05, 3.63) is 77.6 Å². The Morgan fingerprint density at radius 3 is 2.42 bits per heavy atom. The van der Waals surface area contributed by atoms with Crippen LogP contribution in [-0.2, 0) is 28.7 Å². The molecule has 0 atom stereocenters. The summed E-state index contributed by atoms with van der Waals surface area (Å²) in [5.41, 5.74) is 0.755. The van der Waals surface area contributed by atoms with E-state index in [9.17, 15) is 17.2 Å². The molecule has 0 radical (unpaired) electrons. The lowest BCUT2D eigenvalue weighted by molar-refractivity contribution is 0.234. The number of allylic oxidation sites excluding steroid dienone is 1. The molecule has 6 nitrogen and oxygen atoms in total. The minimum Gasteiger partial charge on any atom is -0.486 e. The highest BCUT2D eigenvalue weighted by Gasteiger charge is 2.26. The van der Waals surface area contributed by atoms with Crippen molar-refractivity contribution in [2.24, 2.45) is 0 Å². The van der Waals surface area contributed by atoms with Crippen molar-refractivity contribution in [1.29, 1.82) is 0 Å². The average Bonchev–Trinajstić information content (AvgIpc) is 3.14. The number of benzene rings is 2. The first-order valence-corrected chi connectivity index (χ1v) is 11.9. The van der Waals surface area contributed by atoms with Crippen LogP contribution in [0.2, 0.25) is 5.02 Å². The van der Waals surface area contributed by atoms with Crippen molar-refractivity contribution < 1.29 is 21.9 Å². The van der Waals surface area contributed by atoms with Crippen LogP contribution in [0.15, 0.2) is 71.2 Å². The van der Waals surface area contributed by atoms with Crippen molar-refractivity contribution in [3.63, 3.8) is 0 Å². The quantitative estimate of drug-likeness (QED) is 0.297. The molecule has 0 saturated heterocycles. The van der Waals surface area contributed by atoms with E-state index in [-0.39, 0.29) is 6.61 Å². The third-order valence-electron chi connectivity index (χ3n) is 4.14. The molecular formula is C20H18ClF2N3O3S2. The van der Waals surface area contributed by atoms with Crippen LogP contribution in [0.25, 0.3) is 0 Å². The average molecular weight is 486 g/mol. The number of sulfone groups is 1. The summed E-state index contributed by atoms with van der Waals surface area (Å²) in [4.78, 5) is -0.410. The van der Waals surface area contributed by atoms with Gasteiger partial charge < -0.3 is 4.74 Å². The first-order chi connectivity index (χ1) is 14.8. The monoisotopic (exact) mass is 485 g/mol. The van der Waals surface area contributed by atoms with Gasteiger partial charge in [-0.2, -0.15) is 8.78 Å². The fourth-order valence-corrected chi connectivity index (χ4v) is 4.32. The molecule has 1 heterocycles. The predicted octanol–water partition coefficient (Wildman–Crippen LogP) is 4.99. The zero-order chi connectivity index (χ0) is 22.4. The number of alkyl halides is 2. The largest absolute Gasteiger partial charge is 0.486 e. The van der Waals surface area contributed by atoms with E-state index in [1.54, 1.807) is 30.3 Å². The fourth-order valence-electron chi connectivity index (χ4n) is 2.55. The summed E-state index contributed by atoms with van der Waals surface area (Å²) in [7, 11) is -4.60. The van der Waals surface area contributed by atoms with E-state index in [1.165, 1.54) is 36.0 Å². The second kappa shape index (κ2) is 10.3. The van der Waals surface area contributed by atoms with Crippen molar-refractivity contribution >= 4 is 33.2 Å². The summed E-state index contributed by atoms with van der Waals surface area (Å²) in [5.74, 6) is -1.75. The van der Waals surface area contributed by atoms with Gasteiger partial charge in [0, 0.05) is 17.3 Å². The van der Waals surface area contributed by atoms with Crippen LogP contribution in [0.3, 0.4) is 0 Å². The number of nitrogens with zero attached hydrogens (tertiary/aromatic N) is 3. The second-order valence-electron chi connectivity index (χ2n) is 6.28. The molecule has 164 valence electrons. The third-order valence-corrected chi connectivity index (χ3v) is 6.83. The summed E-state index contributed by atoms with van der Waals surface area (Å²) in [6.07, 6.45) is 1.71. The smallest absolute Gasteiger partial charge is 0.341 e. The van der Waals surface area contributed by atoms with Crippen LogP contribution < -0.4 is 4.74 Å². The van der Waals surface area contributed by atoms with Gasteiger partial charge in [0.05, 0.1) is 4.90 Å². The Bertz CT molecular complexity index is 1140. The van der Waals surface area contributed by atoms with Crippen LogP contribution in [0.4, 0.5) is 8.78 Å². The van der Waals surface area contributed by atoms with Gasteiger partial charge in [0.25, 0.3) is 0 Å². The molecule has 0 bridgehead atoms. The summed E-state index contributed by atoms with van der Waals surface area (Å²) < 4.78 is 55.9. The standard InChI is InChI=1S/C20H18ClF2N3O3S2/c1-2-11-26-18(12-29-16-7-5-15(21)6-8-16)24-25-20(26)30-13-14-3-9-17(10-4-14)31(27,28)19(22)23/h2-10,19H,1,11-13H2. The highest BCUT2D eigenvalue weighted by atomic mass is 35.5. The molecule has 0 spiro atoms. The SMILES string of the molecule is C=CCn1c(COc2ccc(Cl)cc2)nnc1SCc1ccc(S(=O)(=O)C(F)F)cc1. The summed E-state index contributed by atoms with van der Waals surface area (Å²) >= 11 is 7.24. The normalized spacial score (nSPS) is 11.6. The van der Waals surface area contributed by atoms with E-state index >= 15 is 0 Å². The van der Waals surface area contributed by atoms with Gasteiger partial charge in [0.1, 0.15) is 12.4 Å².